The fraction of sp³-hybridized carbons (Fsp3) is 0.274. The number of hydrogen-bond acceptors (Lipinski definition) is 20. The average molecular weight is 1590 g/mol. The smallest absolute Gasteiger partial charge is 0.263 e. The number of rotatable bonds is 20. The van der Waals surface area contributed by atoms with Gasteiger partial charge < -0.3 is 43.5 Å². The molecule has 0 radical (unpaired) electrons. The molecule has 6 aromatic carbocycles. The molecule has 0 aliphatic carbocycles. The van der Waals surface area contributed by atoms with Gasteiger partial charge in [-0.25, -0.2) is 40.2 Å². The van der Waals surface area contributed by atoms with Crippen LogP contribution >= 0.6 is 46.1 Å². The molecule has 6 aromatic heterocycles. The number of aryl methyl sites for hydroxylation is 1. The average Bonchev–Trinajstić information content (AvgIpc) is 1.71. The van der Waals surface area contributed by atoms with E-state index in [2.05, 4.69) is 63.7 Å². The topological polar surface area (TPSA) is 310 Å². The van der Waals surface area contributed by atoms with Gasteiger partial charge in [-0.3, -0.25) is 28.5 Å². The molecular weight excluding hydrogens is 1500 g/mol. The molecule has 0 spiro atoms. The number of carbonyl (C=O) groups is 3. The quantitative estimate of drug-likeness (QED) is 0.0551. The minimum atomic E-state index is -3.76. The summed E-state index contributed by atoms with van der Waals surface area (Å²) in [6, 6.07) is 46.8. The van der Waals surface area contributed by atoms with Crippen LogP contribution in [0.15, 0.2) is 215 Å². The zero-order valence-corrected chi connectivity index (χ0v) is 63.9. The number of hydrogen-bond donors (Lipinski definition) is 4. The van der Waals surface area contributed by atoms with Crippen LogP contribution in [0.3, 0.4) is 0 Å². The van der Waals surface area contributed by atoms with Crippen molar-refractivity contribution in [1.29, 1.82) is 0 Å². The zero-order chi connectivity index (χ0) is 75.0. The summed E-state index contributed by atoms with van der Waals surface area (Å²) in [4.78, 5) is 61.6. The molecule has 27 nitrogen and oxygen atoms in total. The van der Waals surface area contributed by atoms with Crippen molar-refractivity contribution < 1.29 is 48.2 Å². The number of benzene rings is 6. The van der Waals surface area contributed by atoms with E-state index in [4.69, 9.17) is 23.2 Å². The van der Waals surface area contributed by atoms with E-state index in [1.165, 1.54) is 30.4 Å². The Bertz CT molecular complexity index is 5470. The van der Waals surface area contributed by atoms with Crippen LogP contribution in [0.1, 0.15) is 60.7 Å². The van der Waals surface area contributed by atoms with Gasteiger partial charge in [-0.15, -0.1) is 10.2 Å². The molecule has 3 aliphatic heterocycles. The van der Waals surface area contributed by atoms with Gasteiger partial charge in [0, 0.05) is 162 Å². The number of piperidine rings is 1. The number of carbonyl (C=O) groups excluding carboxylic acids is 3. The van der Waals surface area contributed by atoms with Crippen molar-refractivity contribution in [2.45, 2.75) is 85.4 Å². The number of aromatic nitrogens is 9. The molecule has 12 aromatic rings. The molecule has 3 fully saturated rings. The molecule has 4 N–H and O–H groups in total. The van der Waals surface area contributed by atoms with Crippen molar-refractivity contribution in [2.75, 3.05) is 87.8 Å². The maximum absolute atomic E-state index is 13.2. The predicted octanol–water partition coefficient (Wildman–Crippen LogP) is 13.0. The first-order valence-corrected chi connectivity index (χ1v) is 41.3. The van der Waals surface area contributed by atoms with E-state index in [1.54, 1.807) is 60.7 Å². The van der Waals surface area contributed by atoms with Gasteiger partial charge in [0.1, 0.15) is 36.1 Å². The summed E-state index contributed by atoms with van der Waals surface area (Å²) in [6.45, 7) is 12.4. The summed E-state index contributed by atoms with van der Waals surface area (Å²) in [5, 5.41) is 15.5. The van der Waals surface area contributed by atoms with E-state index >= 15 is 0 Å². The Balaban J connectivity index is 0.000000229. The first-order chi connectivity index (χ1) is 51.5. The standard InChI is InChI=1S/C26H27ClN6O3S.C24H26N6O3S2.C23H23ClN6O3S2.6H2/c1-19-17-32(21-5-7-22(8-6-21)37(35,36)30-24-9-12-28-18-29-24)15-16-33(19)25(34)11-14-31-13-10-20-3-2-4-23(27)26(20)31;1-17(30-15-10-18-4-2-3-5-22(18)30)23(31)27-19-11-13-29(14-12-19)20-6-8-21(9-7-20)35(32,33)28-24-25-16-26-34-24;1-16(30-10-9-17-3-2-4-20(24)21(17)30)22(31)29-13-11-28(12-14-29)18-5-7-19(8-6-18)35(32,33)27-23-26-25-15-34-23;;;;;;/h2-10,12-13,18-19H,11,14-17H2,1H3,(H,28,29,30);2-10,15-17,19H,11-14H2,1H3,(H,27,31)(H,25,26,28);2-10,15-16H,11-14H2,1H3,(H,26,27);6*1H/t19-;17-;;;;;;;/m10......./s1. The van der Waals surface area contributed by atoms with E-state index in [0.717, 1.165) is 98.6 Å². The monoisotopic (exact) mass is 1590 g/mol. The van der Waals surface area contributed by atoms with Gasteiger partial charge in [0.05, 0.1) is 35.8 Å². The lowest BCUT2D eigenvalue weighted by atomic mass is 10.0. The Labute approximate surface area is 646 Å². The number of piperazine rings is 2. The molecule has 9 heterocycles. The lowest BCUT2D eigenvalue weighted by molar-refractivity contribution is -0.135. The highest BCUT2D eigenvalue weighted by Crippen LogP contribution is 2.32. The van der Waals surface area contributed by atoms with E-state index < -0.39 is 30.1 Å². The summed E-state index contributed by atoms with van der Waals surface area (Å²) in [5.74, 6) is 0.383. The Kier molecular flexibility index (Phi) is 23.1. The van der Waals surface area contributed by atoms with Crippen molar-refractivity contribution in [3.63, 3.8) is 0 Å². The number of anilines is 6. The van der Waals surface area contributed by atoms with Gasteiger partial charge in [0.2, 0.25) is 28.0 Å². The Hall–Kier alpha value is -10.2. The molecule has 34 heteroatoms. The van der Waals surface area contributed by atoms with Crippen LogP contribution in [0.5, 0.6) is 0 Å². The van der Waals surface area contributed by atoms with Crippen LogP contribution in [-0.2, 0) is 51.0 Å². The Morgan fingerprint density at radius 3 is 1.74 bits per heavy atom. The third kappa shape index (κ3) is 17.6. The fourth-order valence-electron chi connectivity index (χ4n) is 13.4. The highest BCUT2D eigenvalue weighted by molar-refractivity contribution is 7.93. The number of fused-ring (bicyclic) bond motifs is 3. The number of amides is 3. The predicted molar refractivity (Wildman–Crippen MR) is 432 cm³/mol. The van der Waals surface area contributed by atoms with Crippen molar-refractivity contribution in [3.8, 4) is 0 Å². The highest BCUT2D eigenvalue weighted by Gasteiger charge is 2.31. The van der Waals surface area contributed by atoms with E-state index in [0.29, 0.717) is 68.8 Å². The molecule has 0 bridgehead atoms. The number of halogens is 2. The third-order valence-electron chi connectivity index (χ3n) is 19.1. The normalized spacial score (nSPS) is 15.8. The molecule has 3 saturated heterocycles. The maximum atomic E-state index is 13.2. The first kappa shape index (κ1) is 75.0. The largest absolute Gasteiger partial charge is 0.371 e. The zero-order valence-electron chi connectivity index (χ0n) is 58.3. The van der Waals surface area contributed by atoms with Crippen molar-refractivity contribution in [1.82, 2.24) is 58.3 Å². The summed E-state index contributed by atoms with van der Waals surface area (Å²) in [5.41, 5.74) is 7.10. The second-order valence-corrected chi connectivity index (χ2v) is 33.3. The summed E-state index contributed by atoms with van der Waals surface area (Å²) < 4.78 is 92.5. The minimum Gasteiger partial charge on any atom is -0.371 e. The molecule has 15 rings (SSSR count). The van der Waals surface area contributed by atoms with Crippen LogP contribution in [-0.4, -0.2) is 167 Å². The molecular formula is C73H88Cl2N18O9S5. The fourth-order valence-corrected chi connectivity index (χ4v) is 18.3. The second-order valence-electron chi connectivity index (χ2n) is 25.8. The lowest BCUT2D eigenvalue weighted by Crippen LogP contribution is -2.54. The number of sulfonamides is 3. The van der Waals surface area contributed by atoms with Gasteiger partial charge in [-0.2, -0.15) is 4.37 Å². The number of nitrogens with one attached hydrogen (secondary N) is 4. The molecule has 3 aliphatic rings. The van der Waals surface area contributed by atoms with Crippen LogP contribution in [0, 0.1) is 0 Å². The third-order valence-corrected chi connectivity index (χ3v) is 25.2. The first-order valence-electron chi connectivity index (χ1n) is 34.4. The molecule has 3 amide bonds. The van der Waals surface area contributed by atoms with Crippen LogP contribution in [0.2, 0.25) is 10.0 Å². The number of para-hydroxylation sites is 3. The summed E-state index contributed by atoms with van der Waals surface area (Å²) in [6.07, 6.45) is 11.9. The summed E-state index contributed by atoms with van der Waals surface area (Å²) >= 11 is 14.9. The van der Waals surface area contributed by atoms with Crippen LogP contribution in [0.25, 0.3) is 32.7 Å². The molecule has 107 heavy (non-hydrogen) atoms. The SMILES string of the molecule is CC(C(=O)N1CCN(c2ccc(S(=O)(=O)Nc3nncs3)cc2)CC1)n1ccc2cccc(Cl)c21.C[C@@H](C(=O)NC1CCN(c2ccc(S(=O)(=O)Nc3ncns3)cc2)CC1)n1ccc2ccccc21.C[C@@H]1CN(c2ccc(S(=O)(=O)Nc3ccncn3)cc2)CCN1C(=O)CCn1ccc2cccc(Cl)c21.[HH].[HH].[HH].[HH].[HH].[HH]. The van der Waals surface area contributed by atoms with Crippen molar-refractivity contribution >= 4 is 160 Å². The lowest BCUT2D eigenvalue weighted by Gasteiger charge is -2.41. The highest BCUT2D eigenvalue weighted by atomic mass is 35.5. The Morgan fingerprint density at radius 2 is 1.13 bits per heavy atom. The maximum Gasteiger partial charge on any atom is 0.263 e. The van der Waals surface area contributed by atoms with Gasteiger partial charge in [0.15, 0.2) is 0 Å². The van der Waals surface area contributed by atoms with Gasteiger partial charge in [0.25, 0.3) is 30.1 Å². The van der Waals surface area contributed by atoms with Crippen molar-refractivity contribution in [2.24, 2.45) is 0 Å². The van der Waals surface area contributed by atoms with E-state index in [1.807, 2.05) is 154 Å². The van der Waals surface area contributed by atoms with E-state index in [-0.39, 0.29) is 81.2 Å². The van der Waals surface area contributed by atoms with Gasteiger partial charge >= 0.3 is 0 Å². The second kappa shape index (κ2) is 32.9. The van der Waals surface area contributed by atoms with E-state index in [9.17, 15) is 39.6 Å². The molecule has 1 unspecified atom stereocenters. The van der Waals surface area contributed by atoms with Gasteiger partial charge in [-0.05, 0) is 154 Å². The molecule has 3 atom stereocenters. The summed E-state index contributed by atoms with van der Waals surface area (Å²) in [7, 11) is -11.2. The molecule has 0 saturated carbocycles. The van der Waals surface area contributed by atoms with Crippen LogP contribution in [0.4, 0.5) is 33.1 Å². The minimum absolute atomic E-state index is 0. The number of nitrogens with zero attached hydrogens (tertiary/aromatic N) is 14. The van der Waals surface area contributed by atoms with Crippen molar-refractivity contribution in [3.05, 3.63) is 211 Å². The molecule has 568 valence electrons. The van der Waals surface area contributed by atoms with Crippen LogP contribution < -0.4 is 34.2 Å². The Morgan fingerprint density at radius 1 is 0.570 bits per heavy atom. The van der Waals surface area contributed by atoms with Gasteiger partial charge in [-0.1, -0.05) is 77.0 Å².